The zero-order valence-corrected chi connectivity index (χ0v) is 12.4. The van der Waals surface area contributed by atoms with Crippen molar-refractivity contribution in [1.29, 1.82) is 0 Å². The first-order valence-corrected chi connectivity index (χ1v) is 7.48. The Balaban J connectivity index is 2.05. The number of hydrogen-bond donors (Lipinski definition) is 1. The second-order valence-electron chi connectivity index (χ2n) is 7.02. The number of hydrogen-bond acceptors (Lipinski definition) is 2. The highest BCUT2D eigenvalue weighted by molar-refractivity contribution is 5.85. The Hall–Kier alpha value is -0.570. The van der Waals surface area contributed by atoms with Gasteiger partial charge in [-0.25, -0.2) is 0 Å². The molecule has 1 N–H and O–H groups in total. The van der Waals surface area contributed by atoms with Crippen LogP contribution in [0.5, 0.6) is 0 Å². The average Bonchev–Trinajstić information content (AvgIpc) is 2.85. The molecule has 1 aliphatic heterocycles. The van der Waals surface area contributed by atoms with Crippen LogP contribution in [0, 0.1) is 17.8 Å². The Bertz CT molecular complexity index is 314. The average molecular weight is 252 g/mol. The Morgan fingerprint density at radius 3 is 2.22 bits per heavy atom. The first-order chi connectivity index (χ1) is 8.40. The van der Waals surface area contributed by atoms with E-state index in [-0.39, 0.29) is 12.2 Å². The van der Waals surface area contributed by atoms with Crippen LogP contribution in [0.4, 0.5) is 0 Å². The maximum atomic E-state index is 12.5. The number of nitrogens with one attached hydrogen (secondary N) is 1. The second kappa shape index (κ2) is 5.20. The van der Waals surface area contributed by atoms with Crippen molar-refractivity contribution in [1.82, 2.24) is 10.2 Å². The third kappa shape index (κ3) is 2.87. The van der Waals surface area contributed by atoms with Gasteiger partial charge in [-0.3, -0.25) is 10.1 Å². The second-order valence-corrected chi connectivity index (χ2v) is 7.02. The van der Waals surface area contributed by atoms with E-state index in [1.807, 2.05) is 0 Å². The van der Waals surface area contributed by atoms with Crippen molar-refractivity contribution in [3.05, 3.63) is 0 Å². The summed E-state index contributed by atoms with van der Waals surface area (Å²) in [6, 6.07) is 0.562. The smallest absolute Gasteiger partial charge is 0.241 e. The lowest BCUT2D eigenvalue weighted by Crippen LogP contribution is -2.40. The van der Waals surface area contributed by atoms with Gasteiger partial charge in [0.1, 0.15) is 0 Å². The predicted octanol–water partition coefficient (Wildman–Crippen LogP) is 2.61. The molecule has 0 aromatic heterocycles. The fraction of sp³-hybridized carbons (Fsp3) is 0.933. The van der Waals surface area contributed by atoms with Crippen LogP contribution >= 0.6 is 0 Å². The zero-order chi connectivity index (χ0) is 13.4. The van der Waals surface area contributed by atoms with E-state index in [0.29, 0.717) is 29.7 Å². The summed E-state index contributed by atoms with van der Waals surface area (Å²) >= 11 is 0. The molecule has 4 unspecified atom stereocenters. The summed E-state index contributed by atoms with van der Waals surface area (Å²) in [5.41, 5.74) is 0. The maximum absolute atomic E-state index is 12.5. The van der Waals surface area contributed by atoms with E-state index in [1.165, 1.54) is 6.42 Å². The normalized spacial score (nSPS) is 35.9. The number of carbonyl (C=O) groups is 1. The van der Waals surface area contributed by atoms with Crippen LogP contribution in [0.25, 0.3) is 0 Å². The standard InChI is InChI=1S/C15H28N2O/c1-9(2)6-12-15(18)17(13-8-11(13)5)14(16-12)7-10(3)4/h9-14,16H,6-8H2,1-5H3. The first kappa shape index (κ1) is 13.9. The summed E-state index contributed by atoms with van der Waals surface area (Å²) in [6.07, 6.45) is 3.50. The van der Waals surface area contributed by atoms with E-state index in [9.17, 15) is 4.79 Å². The van der Waals surface area contributed by atoms with Gasteiger partial charge in [0, 0.05) is 6.04 Å². The Kier molecular flexibility index (Phi) is 4.00. The number of nitrogens with zero attached hydrogens (tertiary/aromatic N) is 1. The predicted molar refractivity (Wildman–Crippen MR) is 74.0 cm³/mol. The van der Waals surface area contributed by atoms with E-state index >= 15 is 0 Å². The van der Waals surface area contributed by atoms with E-state index in [2.05, 4.69) is 44.8 Å². The highest BCUT2D eigenvalue weighted by Gasteiger charge is 2.49. The van der Waals surface area contributed by atoms with Gasteiger partial charge in [0.25, 0.3) is 0 Å². The highest BCUT2D eigenvalue weighted by Crippen LogP contribution is 2.39. The van der Waals surface area contributed by atoms with Crippen molar-refractivity contribution in [2.75, 3.05) is 0 Å². The third-order valence-electron chi connectivity index (χ3n) is 4.11. The van der Waals surface area contributed by atoms with Crippen LogP contribution in [0.1, 0.15) is 53.9 Å². The Labute approximate surface area is 111 Å². The van der Waals surface area contributed by atoms with Crippen molar-refractivity contribution >= 4 is 5.91 Å². The lowest BCUT2D eigenvalue weighted by Gasteiger charge is -2.25. The van der Waals surface area contributed by atoms with Crippen LogP contribution in [0.3, 0.4) is 0 Å². The van der Waals surface area contributed by atoms with Crippen LogP contribution in [-0.4, -0.2) is 29.1 Å². The molecule has 0 bridgehead atoms. The van der Waals surface area contributed by atoms with Crippen LogP contribution in [0.2, 0.25) is 0 Å². The van der Waals surface area contributed by atoms with Gasteiger partial charge >= 0.3 is 0 Å². The largest absolute Gasteiger partial charge is 0.323 e. The minimum atomic E-state index is 0.0570. The summed E-state index contributed by atoms with van der Waals surface area (Å²) in [5.74, 6) is 2.25. The molecule has 1 amide bonds. The minimum absolute atomic E-state index is 0.0570. The molecule has 2 fully saturated rings. The van der Waals surface area contributed by atoms with Gasteiger partial charge in [-0.2, -0.15) is 0 Å². The molecule has 2 rings (SSSR count). The molecule has 0 aromatic carbocycles. The maximum Gasteiger partial charge on any atom is 0.241 e. The van der Waals surface area contributed by atoms with Crippen molar-refractivity contribution in [2.24, 2.45) is 17.8 Å². The van der Waals surface area contributed by atoms with Gasteiger partial charge in [0.05, 0.1) is 12.2 Å². The summed E-state index contributed by atoms with van der Waals surface area (Å²) in [4.78, 5) is 14.7. The summed E-state index contributed by atoms with van der Waals surface area (Å²) < 4.78 is 0. The molecule has 1 aliphatic carbocycles. The quantitative estimate of drug-likeness (QED) is 0.816. The van der Waals surface area contributed by atoms with Crippen LogP contribution in [-0.2, 0) is 4.79 Å². The van der Waals surface area contributed by atoms with E-state index in [0.717, 1.165) is 12.8 Å². The Morgan fingerprint density at radius 1 is 1.22 bits per heavy atom. The molecule has 104 valence electrons. The molecule has 2 aliphatic rings. The molecular formula is C15H28N2O. The van der Waals surface area contributed by atoms with Gasteiger partial charge < -0.3 is 4.90 Å². The fourth-order valence-electron chi connectivity index (χ4n) is 3.07. The summed E-state index contributed by atoms with van der Waals surface area (Å²) in [7, 11) is 0. The van der Waals surface area contributed by atoms with Crippen LogP contribution in [0.15, 0.2) is 0 Å². The lowest BCUT2D eigenvalue weighted by molar-refractivity contribution is -0.131. The minimum Gasteiger partial charge on any atom is -0.323 e. The van der Waals surface area contributed by atoms with Crippen molar-refractivity contribution in [3.63, 3.8) is 0 Å². The fourth-order valence-corrected chi connectivity index (χ4v) is 3.07. The highest BCUT2D eigenvalue weighted by atomic mass is 16.2. The Morgan fingerprint density at radius 2 is 1.78 bits per heavy atom. The molecule has 4 atom stereocenters. The molecule has 3 heteroatoms. The SMILES string of the molecule is CC(C)CC1NC(CC(C)C)N(C2CC2C)C1=O. The number of rotatable bonds is 5. The van der Waals surface area contributed by atoms with E-state index in [4.69, 9.17) is 0 Å². The molecule has 1 saturated carbocycles. The number of amides is 1. The van der Waals surface area contributed by atoms with Gasteiger partial charge in [-0.15, -0.1) is 0 Å². The lowest BCUT2D eigenvalue weighted by atomic mass is 10.0. The molecule has 0 aromatic rings. The summed E-state index contributed by atoms with van der Waals surface area (Å²) in [6.45, 7) is 11.1. The van der Waals surface area contributed by atoms with Crippen LogP contribution < -0.4 is 5.32 Å². The summed E-state index contributed by atoms with van der Waals surface area (Å²) in [5, 5.41) is 3.57. The molecule has 0 radical (unpaired) electrons. The molecule has 18 heavy (non-hydrogen) atoms. The molecule has 0 spiro atoms. The van der Waals surface area contributed by atoms with E-state index < -0.39 is 0 Å². The van der Waals surface area contributed by atoms with E-state index in [1.54, 1.807) is 0 Å². The molecular weight excluding hydrogens is 224 g/mol. The number of carbonyl (C=O) groups excluding carboxylic acids is 1. The monoisotopic (exact) mass is 252 g/mol. The van der Waals surface area contributed by atoms with Crippen molar-refractivity contribution in [3.8, 4) is 0 Å². The van der Waals surface area contributed by atoms with Gasteiger partial charge in [-0.05, 0) is 37.0 Å². The molecule has 1 saturated heterocycles. The van der Waals surface area contributed by atoms with Gasteiger partial charge in [0.15, 0.2) is 0 Å². The molecule has 1 heterocycles. The zero-order valence-electron chi connectivity index (χ0n) is 12.4. The van der Waals surface area contributed by atoms with Crippen molar-refractivity contribution in [2.45, 2.75) is 72.1 Å². The first-order valence-electron chi connectivity index (χ1n) is 7.48. The molecule has 3 nitrogen and oxygen atoms in total. The van der Waals surface area contributed by atoms with Crippen molar-refractivity contribution < 1.29 is 4.79 Å². The van der Waals surface area contributed by atoms with Gasteiger partial charge in [-0.1, -0.05) is 34.6 Å². The topological polar surface area (TPSA) is 32.3 Å². The third-order valence-corrected chi connectivity index (χ3v) is 4.11. The van der Waals surface area contributed by atoms with Gasteiger partial charge in [0.2, 0.25) is 5.91 Å².